The van der Waals surface area contributed by atoms with E-state index in [1.807, 2.05) is 4.90 Å². The van der Waals surface area contributed by atoms with Gasteiger partial charge in [-0.3, -0.25) is 4.90 Å². The second kappa shape index (κ2) is 7.70. The number of nitrogens with zero attached hydrogens (tertiary/aromatic N) is 1. The van der Waals surface area contributed by atoms with Crippen molar-refractivity contribution in [3.05, 3.63) is 11.6 Å². The summed E-state index contributed by atoms with van der Waals surface area (Å²) >= 11 is 0. The van der Waals surface area contributed by atoms with Crippen molar-refractivity contribution in [2.24, 2.45) is 0 Å². The first-order valence-electron chi connectivity index (χ1n) is 8.41. The summed E-state index contributed by atoms with van der Waals surface area (Å²) in [5, 5.41) is 0. The smallest absolute Gasteiger partial charge is 0.410 e. The largest absolute Gasteiger partial charge is 0.449 e. The van der Waals surface area contributed by atoms with Gasteiger partial charge in [0.1, 0.15) is 0 Å². The molecule has 20 heavy (non-hydrogen) atoms. The fourth-order valence-electron chi connectivity index (χ4n) is 3.37. The molecule has 0 radical (unpaired) electrons. The van der Waals surface area contributed by atoms with Crippen LogP contribution in [0.5, 0.6) is 0 Å². The first-order chi connectivity index (χ1) is 9.76. The Morgan fingerprint density at radius 3 is 2.75 bits per heavy atom. The minimum absolute atomic E-state index is 0.0881. The molecule has 2 atom stereocenters. The highest BCUT2D eigenvalue weighted by atomic mass is 16.6. The zero-order chi connectivity index (χ0) is 14.4. The maximum Gasteiger partial charge on any atom is 0.410 e. The van der Waals surface area contributed by atoms with Gasteiger partial charge in [-0.1, -0.05) is 44.8 Å². The summed E-state index contributed by atoms with van der Waals surface area (Å²) in [4.78, 5) is 14.2. The summed E-state index contributed by atoms with van der Waals surface area (Å²) in [6.07, 6.45) is 12.7. The van der Waals surface area contributed by atoms with Crippen LogP contribution < -0.4 is 0 Å². The standard InChI is InChI=1S/C17H29NO2/c1-3-5-7-8-14-12-15-9-10-16(13-14)18(15)17(19)20-11-6-4-2/h12,15-16H,3-11,13H2,1-2H3. The molecule has 0 spiro atoms. The third-order valence-corrected chi connectivity index (χ3v) is 4.51. The molecule has 3 heteroatoms. The zero-order valence-corrected chi connectivity index (χ0v) is 13.1. The van der Waals surface area contributed by atoms with Crippen molar-refractivity contribution >= 4 is 6.09 Å². The Morgan fingerprint density at radius 2 is 2.05 bits per heavy atom. The van der Waals surface area contributed by atoms with E-state index in [0.717, 1.165) is 32.1 Å². The SMILES string of the molecule is CCCCCC1=CC2CCC(C1)N2C(=O)OCCCC. The Morgan fingerprint density at radius 1 is 1.25 bits per heavy atom. The Labute approximate surface area is 123 Å². The number of ether oxygens (including phenoxy) is 1. The highest BCUT2D eigenvalue weighted by Gasteiger charge is 2.40. The molecule has 0 aromatic carbocycles. The maximum absolute atomic E-state index is 12.2. The minimum Gasteiger partial charge on any atom is -0.449 e. The second-order valence-electron chi connectivity index (χ2n) is 6.16. The van der Waals surface area contributed by atoms with Crippen LogP contribution in [0.3, 0.4) is 0 Å². The van der Waals surface area contributed by atoms with Gasteiger partial charge in [-0.15, -0.1) is 0 Å². The molecule has 2 aliphatic rings. The van der Waals surface area contributed by atoms with Crippen molar-refractivity contribution in [3.8, 4) is 0 Å². The molecule has 2 heterocycles. The molecular formula is C17H29NO2. The fraction of sp³-hybridized carbons (Fsp3) is 0.824. The molecule has 0 aliphatic carbocycles. The average Bonchev–Trinajstić information content (AvgIpc) is 2.71. The van der Waals surface area contributed by atoms with E-state index < -0.39 is 0 Å². The molecule has 1 saturated heterocycles. The van der Waals surface area contributed by atoms with E-state index in [9.17, 15) is 4.79 Å². The molecule has 1 amide bonds. The molecular weight excluding hydrogens is 250 g/mol. The van der Waals surface area contributed by atoms with Crippen LogP contribution in [0.1, 0.15) is 71.6 Å². The lowest BCUT2D eigenvalue weighted by Crippen LogP contribution is -2.43. The summed E-state index contributed by atoms with van der Waals surface area (Å²) in [7, 11) is 0. The van der Waals surface area contributed by atoms with E-state index >= 15 is 0 Å². The predicted octanol–water partition coefficient (Wildman–Crippen LogP) is 4.67. The van der Waals surface area contributed by atoms with Crippen LogP contribution in [0.2, 0.25) is 0 Å². The second-order valence-corrected chi connectivity index (χ2v) is 6.16. The van der Waals surface area contributed by atoms with Crippen molar-refractivity contribution < 1.29 is 9.53 Å². The van der Waals surface area contributed by atoms with Gasteiger partial charge >= 0.3 is 6.09 Å². The summed E-state index contributed by atoms with van der Waals surface area (Å²) in [5.41, 5.74) is 1.57. The molecule has 2 bridgehead atoms. The Kier molecular flexibility index (Phi) is 5.93. The van der Waals surface area contributed by atoms with Gasteiger partial charge in [0, 0.05) is 6.04 Å². The Bertz CT molecular complexity index is 351. The number of unbranched alkanes of at least 4 members (excludes halogenated alkanes) is 3. The molecule has 2 rings (SSSR count). The van der Waals surface area contributed by atoms with Crippen molar-refractivity contribution in [3.63, 3.8) is 0 Å². The highest BCUT2D eigenvalue weighted by molar-refractivity contribution is 5.69. The third kappa shape index (κ3) is 3.77. The highest BCUT2D eigenvalue weighted by Crippen LogP contribution is 2.36. The van der Waals surface area contributed by atoms with E-state index in [-0.39, 0.29) is 6.09 Å². The van der Waals surface area contributed by atoms with Crippen molar-refractivity contribution in [1.82, 2.24) is 4.90 Å². The Balaban J connectivity index is 1.86. The molecule has 114 valence electrons. The molecule has 3 nitrogen and oxygen atoms in total. The predicted molar refractivity (Wildman–Crippen MR) is 81.7 cm³/mol. The van der Waals surface area contributed by atoms with E-state index in [1.54, 1.807) is 5.57 Å². The van der Waals surface area contributed by atoms with Crippen LogP contribution in [-0.4, -0.2) is 29.7 Å². The van der Waals surface area contributed by atoms with Crippen molar-refractivity contribution in [2.75, 3.05) is 6.61 Å². The summed E-state index contributed by atoms with van der Waals surface area (Å²) in [6.45, 7) is 4.93. The normalized spacial score (nSPS) is 24.7. The first kappa shape index (κ1) is 15.4. The van der Waals surface area contributed by atoms with E-state index in [4.69, 9.17) is 4.74 Å². The van der Waals surface area contributed by atoms with Gasteiger partial charge in [0.2, 0.25) is 0 Å². The number of carbonyl (C=O) groups excluding carboxylic acids is 1. The molecule has 2 unspecified atom stereocenters. The van der Waals surface area contributed by atoms with Crippen LogP contribution >= 0.6 is 0 Å². The van der Waals surface area contributed by atoms with Gasteiger partial charge in [-0.05, 0) is 38.5 Å². The average molecular weight is 279 g/mol. The van der Waals surface area contributed by atoms with Gasteiger partial charge in [0.25, 0.3) is 0 Å². The summed E-state index contributed by atoms with van der Waals surface area (Å²) in [5.74, 6) is 0. The van der Waals surface area contributed by atoms with Gasteiger partial charge in [0.15, 0.2) is 0 Å². The minimum atomic E-state index is -0.0881. The van der Waals surface area contributed by atoms with Crippen LogP contribution in [-0.2, 0) is 4.74 Å². The number of amides is 1. The van der Waals surface area contributed by atoms with E-state index in [0.29, 0.717) is 18.7 Å². The molecule has 0 saturated carbocycles. The lowest BCUT2D eigenvalue weighted by molar-refractivity contribution is 0.0860. The third-order valence-electron chi connectivity index (χ3n) is 4.51. The molecule has 2 aliphatic heterocycles. The number of rotatable bonds is 7. The number of carbonyl (C=O) groups is 1. The van der Waals surface area contributed by atoms with E-state index in [1.165, 1.54) is 25.7 Å². The van der Waals surface area contributed by atoms with Gasteiger partial charge in [0.05, 0.1) is 12.6 Å². The molecule has 0 aromatic rings. The van der Waals surface area contributed by atoms with Crippen LogP contribution in [0.4, 0.5) is 4.79 Å². The van der Waals surface area contributed by atoms with Crippen LogP contribution in [0.25, 0.3) is 0 Å². The molecule has 1 fully saturated rings. The van der Waals surface area contributed by atoms with Gasteiger partial charge in [-0.2, -0.15) is 0 Å². The monoisotopic (exact) mass is 279 g/mol. The first-order valence-corrected chi connectivity index (χ1v) is 8.41. The van der Waals surface area contributed by atoms with Gasteiger partial charge < -0.3 is 4.74 Å². The van der Waals surface area contributed by atoms with Crippen molar-refractivity contribution in [1.29, 1.82) is 0 Å². The topological polar surface area (TPSA) is 29.5 Å². The quantitative estimate of drug-likeness (QED) is 0.501. The number of fused-ring (bicyclic) bond motifs is 2. The number of hydrogen-bond acceptors (Lipinski definition) is 2. The van der Waals surface area contributed by atoms with Crippen molar-refractivity contribution in [2.45, 2.75) is 83.7 Å². The van der Waals surface area contributed by atoms with Crippen LogP contribution in [0.15, 0.2) is 11.6 Å². The Hall–Kier alpha value is -0.990. The lowest BCUT2D eigenvalue weighted by atomic mass is 9.96. The van der Waals surface area contributed by atoms with Gasteiger partial charge in [-0.25, -0.2) is 4.79 Å². The molecule has 0 aromatic heterocycles. The fourth-order valence-corrected chi connectivity index (χ4v) is 3.37. The zero-order valence-electron chi connectivity index (χ0n) is 13.1. The molecule has 0 N–H and O–H groups in total. The summed E-state index contributed by atoms with van der Waals surface area (Å²) < 4.78 is 5.39. The van der Waals surface area contributed by atoms with E-state index in [2.05, 4.69) is 19.9 Å². The maximum atomic E-state index is 12.2. The van der Waals surface area contributed by atoms with Crippen LogP contribution in [0, 0.1) is 0 Å². The number of hydrogen-bond donors (Lipinski definition) is 0. The lowest BCUT2D eigenvalue weighted by Gasteiger charge is -2.33. The summed E-state index contributed by atoms with van der Waals surface area (Å²) in [6, 6.07) is 0.704.